The Bertz CT molecular complexity index is 611. The molecule has 0 radical (unpaired) electrons. The van der Waals surface area contributed by atoms with Crippen molar-refractivity contribution in [3.8, 4) is 5.75 Å². The number of hydrogen-bond donors (Lipinski definition) is 1. The number of nitrogens with zero attached hydrogens (tertiary/aromatic N) is 2. The molecule has 0 spiro atoms. The first kappa shape index (κ1) is 21.1. The van der Waals surface area contributed by atoms with Crippen LogP contribution in [0.25, 0.3) is 0 Å². The van der Waals surface area contributed by atoms with Gasteiger partial charge in [-0.1, -0.05) is 26.0 Å². The minimum Gasteiger partial charge on any atom is -0.497 e. The first-order valence-corrected chi connectivity index (χ1v) is 10.9. The smallest absolute Gasteiger partial charge is 0.224 e. The third-order valence-corrected chi connectivity index (χ3v) is 5.95. The number of rotatable bonds is 8. The minimum absolute atomic E-state index is 0.0957. The highest BCUT2D eigenvalue weighted by molar-refractivity contribution is 5.79. The van der Waals surface area contributed by atoms with Gasteiger partial charge in [0.2, 0.25) is 5.91 Å². The Kier molecular flexibility index (Phi) is 7.74. The zero-order chi connectivity index (χ0) is 19.9. The summed E-state index contributed by atoms with van der Waals surface area (Å²) < 4.78 is 5.20. The van der Waals surface area contributed by atoms with Crippen molar-refractivity contribution in [1.29, 1.82) is 0 Å². The maximum absolute atomic E-state index is 12.9. The molecule has 0 aromatic heterocycles. The molecule has 1 amide bonds. The molecule has 1 aromatic rings. The molecule has 2 atom stereocenters. The van der Waals surface area contributed by atoms with Crippen LogP contribution in [0.1, 0.15) is 38.7 Å². The van der Waals surface area contributed by atoms with E-state index in [4.69, 9.17) is 4.74 Å². The molecular weight excluding hydrogens is 350 g/mol. The number of piperidine rings is 1. The van der Waals surface area contributed by atoms with Gasteiger partial charge in [0.15, 0.2) is 0 Å². The molecule has 1 aromatic carbocycles. The van der Waals surface area contributed by atoms with Crippen LogP contribution < -0.4 is 10.1 Å². The average Bonchev–Trinajstić information content (AvgIpc) is 3.18. The van der Waals surface area contributed by atoms with Crippen molar-refractivity contribution in [2.24, 2.45) is 17.8 Å². The summed E-state index contributed by atoms with van der Waals surface area (Å²) >= 11 is 0. The molecule has 5 nitrogen and oxygen atoms in total. The van der Waals surface area contributed by atoms with Crippen LogP contribution in [-0.2, 0) is 11.3 Å². The van der Waals surface area contributed by atoms with Crippen LogP contribution in [0.15, 0.2) is 24.3 Å². The lowest BCUT2D eigenvalue weighted by molar-refractivity contribution is -0.127. The van der Waals surface area contributed by atoms with Crippen molar-refractivity contribution in [2.45, 2.75) is 39.7 Å². The second-order valence-electron chi connectivity index (χ2n) is 8.98. The number of hydrogen-bond acceptors (Lipinski definition) is 4. The fourth-order valence-corrected chi connectivity index (χ4v) is 4.70. The molecule has 156 valence electrons. The van der Waals surface area contributed by atoms with Gasteiger partial charge < -0.3 is 19.9 Å². The SMILES string of the molecule is COc1ccc(CNC(=O)[C@@H]2C[C@H](CN3CCCC3)CN(CC(C)C)C2)cc1. The van der Waals surface area contributed by atoms with Crippen LogP contribution >= 0.6 is 0 Å². The summed E-state index contributed by atoms with van der Waals surface area (Å²) in [7, 11) is 1.67. The molecule has 0 unspecified atom stereocenters. The number of ether oxygens (including phenoxy) is 1. The van der Waals surface area contributed by atoms with Gasteiger partial charge in [-0.2, -0.15) is 0 Å². The van der Waals surface area contributed by atoms with E-state index in [0.29, 0.717) is 18.4 Å². The van der Waals surface area contributed by atoms with E-state index < -0.39 is 0 Å². The highest BCUT2D eigenvalue weighted by atomic mass is 16.5. The normalized spacial score (nSPS) is 23.9. The first-order valence-electron chi connectivity index (χ1n) is 10.9. The summed E-state index contributed by atoms with van der Waals surface area (Å²) in [6.07, 6.45) is 3.67. The van der Waals surface area contributed by atoms with Crippen molar-refractivity contribution in [2.75, 3.05) is 46.4 Å². The summed E-state index contributed by atoms with van der Waals surface area (Å²) in [5, 5.41) is 3.17. The van der Waals surface area contributed by atoms with Gasteiger partial charge in [0, 0.05) is 32.7 Å². The Labute approximate surface area is 170 Å². The quantitative estimate of drug-likeness (QED) is 0.745. The molecule has 2 heterocycles. The van der Waals surface area contributed by atoms with Crippen LogP contribution in [-0.4, -0.2) is 62.1 Å². The summed E-state index contributed by atoms with van der Waals surface area (Å²) in [6, 6.07) is 7.92. The van der Waals surface area contributed by atoms with Crippen LogP contribution in [0.2, 0.25) is 0 Å². The van der Waals surface area contributed by atoms with Crippen molar-refractivity contribution in [3.05, 3.63) is 29.8 Å². The molecule has 2 saturated heterocycles. The minimum atomic E-state index is 0.0957. The average molecular weight is 388 g/mol. The lowest BCUT2D eigenvalue weighted by Gasteiger charge is -2.39. The maximum atomic E-state index is 12.9. The maximum Gasteiger partial charge on any atom is 0.224 e. The van der Waals surface area contributed by atoms with Crippen molar-refractivity contribution >= 4 is 5.91 Å². The van der Waals surface area contributed by atoms with E-state index in [9.17, 15) is 4.79 Å². The predicted molar refractivity (Wildman–Crippen MR) is 113 cm³/mol. The molecule has 2 aliphatic heterocycles. The van der Waals surface area contributed by atoms with Crippen LogP contribution in [0.5, 0.6) is 5.75 Å². The van der Waals surface area contributed by atoms with E-state index in [2.05, 4.69) is 29.0 Å². The van der Waals surface area contributed by atoms with Crippen molar-refractivity contribution in [1.82, 2.24) is 15.1 Å². The summed E-state index contributed by atoms with van der Waals surface area (Å²) in [5.41, 5.74) is 1.11. The van der Waals surface area contributed by atoms with Gasteiger partial charge in [0.05, 0.1) is 13.0 Å². The number of nitrogens with one attached hydrogen (secondary N) is 1. The molecule has 1 N–H and O–H groups in total. The number of methoxy groups -OCH3 is 1. The van der Waals surface area contributed by atoms with E-state index in [1.165, 1.54) is 25.9 Å². The number of carbonyl (C=O) groups excluding carboxylic acids is 1. The van der Waals surface area contributed by atoms with Crippen molar-refractivity contribution < 1.29 is 9.53 Å². The van der Waals surface area contributed by atoms with Crippen molar-refractivity contribution in [3.63, 3.8) is 0 Å². The Hall–Kier alpha value is -1.59. The van der Waals surface area contributed by atoms with E-state index in [0.717, 1.165) is 43.9 Å². The highest BCUT2D eigenvalue weighted by Gasteiger charge is 2.32. The van der Waals surface area contributed by atoms with Gasteiger partial charge in [0.1, 0.15) is 5.75 Å². The van der Waals surface area contributed by atoms with Gasteiger partial charge in [-0.3, -0.25) is 4.79 Å². The second kappa shape index (κ2) is 10.3. The molecule has 0 aliphatic carbocycles. The monoisotopic (exact) mass is 387 g/mol. The van der Waals surface area contributed by atoms with Crippen LogP contribution in [0, 0.1) is 17.8 Å². The van der Waals surface area contributed by atoms with Gasteiger partial charge >= 0.3 is 0 Å². The number of benzene rings is 1. The second-order valence-corrected chi connectivity index (χ2v) is 8.98. The Morgan fingerprint density at radius 1 is 1.14 bits per heavy atom. The van der Waals surface area contributed by atoms with Gasteiger partial charge in [-0.25, -0.2) is 0 Å². The molecule has 3 rings (SSSR count). The highest BCUT2D eigenvalue weighted by Crippen LogP contribution is 2.25. The molecular formula is C23H37N3O2. The first-order chi connectivity index (χ1) is 13.5. The third kappa shape index (κ3) is 6.21. The Balaban J connectivity index is 1.55. The summed E-state index contributed by atoms with van der Waals surface area (Å²) in [5.74, 6) is 2.38. The topological polar surface area (TPSA) is 44.8 Å². The lowest BCUT2D eigenvalue weighted by atomic mass is 9.87. The zero-order valence-corrected chi connectivity index (χ0v) is 17.8. The Morgan fingerprint density at radius 3 is 2.50 bits per heavy atom. The number of likely N-dealkylation sites (tertiary alicyclic amines) is 2. The number of amides is 1. The third-order valence-electron chi connectivity index (χ3n) is 5.95. The van der Waals surface area contributed by atoms with E-state index in [1.807, 2.05) is 24.3 Å². The fourth-order valence-electron chi connectivity index (χ4n) is 4.70. The van der Waals surface area contributed by atoms with E-state index >= 15 is 0 Å². The van der Waals surface area contributed by atoms with Gasteiger partial charge in [-0.15, -0.1) is 0 Å². The van der Waals surface area contributed by atoms with Crippen LogP contribution in [0.3, 0.4) is 0 Å². The van der Waals surface area contributed by atoms with E-state index in [1.54, 1.807) is 7.11 Å². The molecule has 28 heavy (non-hydrogen) atoms. The van der Waals surface area contributed by atoms with Gasteiger partial charge in [0.25, 0.3) is 0 Å². The standard InChI is InChI=1S/C23H37N3O2/c1-18(2)14-26-16-20(15-25-10-4-5-11-25)12-21(17-26)23(27)24-13-19-6-8-22(28-3)9-7-19/h6-9,18,20-21H,4-5,10-17H2,1-3H3,(H,24,27)/t20-,21-/m1/s1. The zero-order valence-electron chi connectivity index (χ0n) is 17.8. The molecule has 2 aliphatic rings. The fraction of sp³-hybridized carbons (Fsp3) is 0.696. The van der Waals surface area contributed by atoms with Gasteiger partial charge in [-0.05, 0) is 61.9 Å². The largest absolute Gasteiger partial charge is 0.497 e. The van der Waals surface area contributed by atoms with E-state index in [-0.39, 0.29) is 11.8 Å². The number of carbonyl (C=O) groups is 1. The summed E-state index contributed by atoms with van der Waals surface area (Å²) in [4.78, 5) is 18.0. The van der Waals surface area contributed by atoms with Crippen LogP contribution in [0.4, 0.5) is 0 Å². The lowest BCUT2D eigenvalue weighted by Crippen LogP contribution is -2.49. The molecule has 5 heteroatoms. The summed E-state index contributed by atoms with van der Waals surface area (Å²) in [6.45, 7) is 11.8. The predicted octanol–water partition coefficient (Wildman–Crippen LogP) is 3.00. The Morgan fingerprint density at radius 2 is 1.86 bits per heavy atom. The molecule has 0 saturated carbocycles. The molecule has 0 bridgehead atoms. The molecule has 2 fully saturated rings.